The number of alkyl halides is 3. The molecule has 6 nitrogen and oxygen atoms in total. The molecule has 3 heterocycles. The summed E-state index contributed by atoms with van der Waals surface area (Å²) in [7, 11) is 0. The summed E-state index contributed by atoms with van der Waals surface area (Å²) >= 11 is 0. The second-order valence-corrected chi connectivity index (χ2v) is 8.78. The summed E-state index contributed by atoms with van der Waals surface area (Å²) in [6.07, 6.45) is -1.75. The summed E-state index contributed by atoms with van der Waals surface area (Å²) in [5.41, 5.74) is 0.261. The zero-order valence-corrected chi connectivity index (χ0v) is 17.5. The molecule has 9 heteroatoms. The molecule has 3 amide bonds. The van der Waals surface area contributed by atoms with Crippen molar-refractivity contribution in [2.75, 3.05) is 26.2 Å². The molecule has 0 radical (unpaired) electrons. The number of nitrogens with one attached hydrogen (secondary N) is 1. The molecular weight excluding hydrogens is 411 g/mol. The van der Waals surface area contributed by atoms with Crippen molar-refractivity contribution in [3.63, 3.8) is 0 Å². The number of fused-ring (bicyclic) bond motifs is 1. The van der Waals surface area contributed by atoms with E-state index in [2.05, 4.69) is 5.32 Å². The van der Waals surface area contributed by atoms with E-state index in [0.29, 0.717) is 38.5 Å². The molecule has 0 aromatic heterocycles. The molecule has 0 aliphatic carbocycles. The Balaban J connectivity index is 1.26. The molecule has 170 valence electrons. The summed E-state index contributed by atoms with van der Waals surface area (Å²) < 4.78 is 43.9. The summed E-state index contributed by atoms with van der Waals surface area (Å²) in [6.45, 7) is 4.06. The third-order valence-electron chi connectivity index (χ3n) is 6.59. The van der Waals surface area contributed by atoms with Crippen LogP contribution in [0.4, 0.5) is 18.0 Å². The Morgan fingerprint density at radius 3 is 2.39 bits per heavy atom. The average molecular weight is 439 g/mol. The van der Waals surface area contributed by atoms with E-state index >= 15 is 0 Å². The van der Waals surface area contributed by atoms with Gasteiger partial charge in [-0.25, -0.2) is 4.79 Å². The van der Waals surface area contributed by atoms with E-state index in [9.17, 15) is 22.8 Å². The van der Waals surface area contributed by atoms with Gasteiger partial charge in [-0.3, -0.25) is 4.79 Å². The number of morpholine rings is 1. The fourth-order valence-electron chi connectivity index (χ4n) is 4.72. The van der Waals surface area contributed by atoms with Gasteiger partial charge >= 0.3 is 12.2 Å². The van der Waals surface area contributed by atoms with Gasteiger partial charge < -0.3 is 19.9 Å². The Bertz CT molecular complexity index is 806. The number of hydrogen-bond acceptors (Lipinski definition) is 3. The number of urea groups is 1. The third kappa shape index (κ3) is 4.97. The van der Waals surface area contributed by atoms with E-state index < -0.39 is 17.8 Å². The highest BCUT2D eigenvalue weighted by atomic mass is 19.4. The summed E-state index contributed by atoms with van der Waals surface area (Å²) in [4.78, 5) is 28.5. The molecule has 31 heavy (non-hydrogen) atoms. The van der Waals surface area contributed by atoms with Gasteiger partial charge in [-0.2, -0.15) is 13.2 Å². The minimum Gasteiger partial charge on any atom is -0.363 e. The van der Waals surface area contributed by atoms with Gasteiger partial charge in [-0.15, -0.1) is 0 Å². The van der Waals surface area contributed by atoms with E-state index in [1.54, 1.807) is 24.0 Å². The minimum absolute atomic E-state index is 0.0145. The lowest BCUT2D eigenvalue weighted by Gasteiger charge is -2.44. The maximum absolute atomic E-state index is 13.0. The topological polar surface area (TPSA) is 61.9 Å². The second kappa shape index (κ2) is 8.68. The van der Waals surface area contributed by atoms with Gasteiger partial charge in [0.2, 0.25) is 5.91 Å². The predicted molar refractivity (Wildman–Crippen MR) is 107 cm³/mol. The molecule has 1 N–H and O–H groups in total. The minimum atomic E-state index is -4.32. The van der Waals surface area contributed by atoms with Crippen LogP contribution < -0.4 is 5.32 Å². The normalized spacial score (nSPS) is 27.6. The van der Waals surface area contributed by atoms with Crippen LogP contribution in [0, 0.1) is 5.92 Å². The van der Waals surface area contributed by atoms with Crippen molar-refractivity contribution in [3.05, 3.63) is 35.4 Å². The summed E-state index contributed by atoms with van der Waals surface area (Å²) in [5.74, 6) is 0.207. The maximum Gasteiger partial charge on any atom is 0.416 e. The van der Waals surface area contributed by atoms with Crippen LogP contribution >= 0.6 is 0 Å². The Morgan fingerprint density at radius 1 is 1.10 bits per heavy atom. The SMILES string of the molecule is C[C@H]1O[C@H]2CCN(C(=O)N3CCC(Cc4ccc(C(F)(F)F)cc4)CC3)C[C@H]2NC1=O. The quantitative estimate of drug-likeness (QED) is 0.771. The molecule has 0 unspecified atom stereocenters. The number of halogens is 3. The first-order valence-corrected chi connectivity index (χ1v) is 10.9. The summed E-state index contributed by atoms with van der Waals surface area (Å²) in [5, 5.41) is 2.96. The number of likely N-dealkylation sites (tertiary alicyclic amines) is 2. The van der Waals surface area contributed by atoms with Crippen LogP contribution in [-0.2, 0) is 22.1 Å². The molecule has 0 bridgehead atoms. The zero-order valence-electron chi connectivity index (χ0n) is 17.5. The molecule has 3 fully saturated rings. The zero-order chi connectivity index (χ0) is 22.2. The Hall–Kier alpha value is -2.29. The molecule has 3 saturated heterocycles. The van der Waals surface area contributed by atoms with Crippen molar-refractivity contribution in [1.82, 2.24) is 15.1 Å². The number of benzene rings is 1. The Morgan fingerprint density at radius 2 is 1.74 bits per heavy atom. The van der Waals surface area contributed by atoms with E-state index in [0.717, 1.165) is 37.0 Å². The van der Waals surface area contributed by atoms with Crippen LogP contribution in [0.1, 0.15) is 37.3 Å². The lowest BCUT2D eigenvalue weighted by atomic mass is 9.90. The first-order valence-electron chi connectivity index (χ1n) is 10.9. The molecule has 4 rings (SSSR count). The van der Waals surface area contributed by atoms with E-state index in [1.165, 1.54) is 0 Å². The first-order chi connectivity index (χ1) is 14.7. The highest BCUT2D eigenvalue weighted by molar-refractivity contribution is 5.81. The van der Waals surface area contributed by atoms with Gasteiger partial charge in [0.25, 0.3) is 0 Å². The van der Waals surface area contributed by atoms with E-state index in [1.807, 2.05) is 4.90 Å². The standard InChI is InChI=1S/C22H28F3N3O3/c1-14-20(29)26-18-13-28(11-8-19(18)31-14)21(30)27-9-6-16(7-10-27)12-15-2-4-17(5-3-15)22(23,24)25/h2-5,14,16,18-19H,6-13H2,1H3,(H,26,29)/t14-,18-,19+/m1/s1. The predicted octanol–water partition coefficient (Wildman–Crippen LogP) is 3.06. The maximum atomic E-state index is 13.0. The number of carbonyl (C=O) groups excluding carboxylic acids is 2. The van der Waals surface area contributed by atoms with Gasteiger partial charge in [0, 0.05) is 26.2 Å². The van der Waals surface area contributed by atoms with Crippen molar-refractivity contribution < 1.29 is 27.5 Å². The van der Waals surface area contributed by atoms with Gasteiger partial charge in [0.1, 0.15) is 6.10 Å². The van der Waals surface area contributed by atoms with Crippen LogP contribution in [0.3, 0.4) is 0 Å². The number of hydrogen-bond donors (Lipinski definition) is 1. The fourth-order valence-corrected chi connectivity index (χ4v) is 4.72. The molecule has 1 aromatic carbocycles. The second-order valence-electron chi connectivity index (χ2n) is 8.78. The van der Waals surface area contributed by atoms with Crippen LogP contribution in [0.5, 0.6) is 0 Å². The number of piperidine rings is 2. The largest absolute Gasteiger partial charge is 0.416 e. The highest BCUT2D eigenvalue weighted by Crippen LogP contribution is 2.30. The number of rotatable bonds is 2. The number of carbonyl (C=O) groups is 2. The van der Waals surface area contributed by atoms with Crippen LogP contribution in [-0.4, -0.2) is 66.2 Å². The van der Waals surface area contributed by atoms with E-state index in [4.69, 9.17) is 4.74 Å². The van der Waals surface area contributed by atoms with Gasteiger partial charge in [0.15, 0.2) is 0 Å². The molecule has 0 spiro atoms. The van der Waals surface area contributed by atoms with Gasteiger partial charge in [-0.05, 0) is 56.2 Å². The van der Waals surface area contributed by atoms with Crippen molar-refractivity contribution in [1.29, 1.82) is 0 Å². The van der Waals surface area contributed by atoms with Gasteiger partial charge in [-0.1, -0.05) is 12.1 Å². The lowest BCUT2D eigenvalue weighted by molar-refractivity contribution is -0.151. The Kier molecular flexibility index (Phi) is 6.14. The molecule has 3 aliphatic heterocycles. The van der Waals surface area contributed by atoms with Crippen molar-refractivity contribution in [2.24, 2.45) is 5.92 Å². The number of amides is 3. The van der Waals surface area contributed by atoms with Crippen molar-refractivity contribution >= 4 is 11.9 Å². The van der Waals surface area contributed by atoms with Crippen molar-refractivity contribution in [2.45, 2.75) is 57.0 Å². The van der Waals surface area contributed by atoms with E-state index in [-0.39, 0.29) is 24.1 Å². The van der Waals surface area contributed by atoms with Crippen LogP contribution in [0.25, 0.3) is 0 Å². The average Bonchev–Trinajstić information content (AvgIpc) is 2.74. The molecule has 3 aliphatic rings. The highest BCUT2D eigenvalue weighted by Gasteiger charge is 2.40. The smallest absolute Gasteiger partial charge is 0.363 e. The molecule has 3 atom stereocenters. The Labute approximate surface area is 179 Å². The third-order valence-corrected chi connectivity index (χ3v) is 6.59. The molecule has 1 aromatic rings. The summed E-state index contributed by atoms with van der Waals surface area (Å²) in [6, 6.07) is 5.17. The number of nitrogens with zero attached hydrogens (tertiary/aromatic N) is 2. The molecule has 0 saturated carbocycles. The van der Waals surface area contributed by atoms with Crippen LogP contribution in [0.15, 0.2) is 24.3 Å². The van der Waals surface area contributed by atoms with Crippen molar-refractivity contribution in [3.8, 4) is 0 Å². The first kappa shape index (κ1) is 21.9. The lowest BCUT2D eigenvalue weighted by Crippen LogP contribution is -2.64. The molecular formula is C22H28F3N3O3. The number of ether oxygens (including phenoxy) is 1. The van der Waals surface area contributed by atoms with Crippen LogP contribution in [0.2, 0.25) is 0 Å². The van der Waals surface area contributed by atoms with Gasteiger partial charge in [0.05, 0.1) is 17.7 Å². The fraction of sp³-hybridized carbons (Fsp3) is 0.636. The monoisotopic (exact) mass is 439 g/mol.